The van der Waals surface area contributed by atoms with Crippen LogP contribution in [0.1, 0.15) is 12.0 Å². The molecule has 0 aromatic heterocycles. The Morgan fingerprint density at radius 3 is 2.75 bits per heavy atom. The maximum Gasteiger partial charge on any atom is 0.406 e. The second-order valence-electron chi connectivity index (χ2n) is 3.55. The summed E-state index contributed by atoms with van der Waals surface area (Å²) in [6.07, 6.45) is 1.49. The van der Waals surface area contributed by atoms with E-state index in [0.717, 1.165) is 12.8 Å². The van der Waals surface area contributed by atoms with Crippen LogP contribution in [0.5, 0.6) is 0 Å². The molecule has 0 spiro atoms. The fourth-order valence-corrected chi connectivity index (χ4v) is 1.57. The molecule has 1 rings (SSSR count). The number of alkyl carbamates (subject to hydrolysis) is 1. The standard InChI is InChI=1S/C12H17NO2S/c1-15-12(14)13-9-11(16)8-7-10-5-3-2-4-6-10/h2-6,11,16H,7-9H2,1H3,(H,13,14)/t11-/m1/s1. The molecule has 3 nitrogen and oxygen atoms in total. The smallest absolute Gasteiger partial charge is 0.406 e. The molecule has 16 heavy (non-hydrogen) atoms. The van der Waals surface area contributed by atoms with Crippen LogP contribution in [0.2, 0.25) is 0 Å². The summed E-state index contributed by atoms with van der Waals surface area (Å²) in [5.74, 6) is 0. The Hall–Kier alpha value is -1.16. The van der Waals surface area contributed by atoms with Gasteiger partial charge in [-0.2, -0.15) is 12.6 Å². The highest BCUT2D eigenvalue weighted by molar-refractivity contribution is 7.81. The number of ether oxygens (including phenoxy) is 1. The Labute approximate surface area is 102 Å². The van der Waals surface area contributed by atoms with Crippen LogP contribution in [-0.2, 0) is 11.2 Å². The lowest BCUT2D eigenvalue weighted by atomic mass is 10.1. The lowest BCUT2D eigenvalue weighted by Gasteiger charge is -2.11. The molecule has 0 saturated carbocycles. The number of benzene rings is 1. The Kier molecular flexibility index (Phi) is 5.78. The SMILES string of the molecule is COC(=O)NC[C@H](S)CCc1ccccc1. The van der Waals surface area contributed by atoms with Gasteiger partial charge in [0.1, 0.15) is 0 Å². The molecule has 1 aromatic carbocycles. The van der Waals surface area contributed by atoms with Crippen molar-refractivity contribution >= 4 is 18.7 Å². The quantitative estimate of drug-likeness (QED) is 0.774. The van der Waals surface area contributed by atoms with Crippen molar-refractivity contribution in [1.82, 2.24) is 5.32 Å². The third-order valence-electron chi connectivity index (χ3n) is 2.28. The minimum atomic E-state index is -0.404. The maximum atomic E-state index is 10.8. The molecule has 0 fully saturated rings. The molecule has 0 aliphatic heterocycles. The summed E-state index contributed by atoms with van der Waals surface area (Å²) < 4.78 is 4.48. The van der Waals surface area contributed by atoms with E-state index in [4.69, 9.17) is 0 Å². The monoisotopic (exact) mass is 239 g/mol. The molecule has 0 aliphatic rings. The summed E-state index contributed by atoms with van der Waals surface area (Å²) >= 11 is 4.40. The Balaban J connectivity index is 2.20. The van der Waals surface area contributed by atoms with E-state index in [1.165, 1.54) is 12.7 Å². The molecule has 1 atom stereocenters. The highest BCUT2D eigenvalue weighted by Gasteiger charge is 2.05. The van der Waals surface area contributed by atoms with Gasteiger partial charge < -0.3 is 10.1 Å². The molecule has 4 heteroatoms. The Bertz CT molecular complexity index is 316. The van der Waals surface area contributed by atoms with E-state index in [9.17, 15) is 4.79 Å². The number of nitrogens with one attached hydrogen (secondary N) is 1. The van der Waals surface area contributed by atoms with E-state index in [-0.39, 0.29) is 5.25 Å². The summed E-state index contributed by atoms with van der Waals surface area (Å²) in [5.41, 5.74) is 1.29. The van der Waals surface area contributed by atoms with Crippen molar-refractivity contribution in [2.24, 2.45) is 0 Å². The number of carbonyl (C=O) groups excluding carboxylic acids is 1. The molecule has 0 aliphatic carbocycles. The van der Waals surface area contributed by atoms with Gasteiger partial charge in [-0.3, -0.25) is 0 Å². The number of hydrogen-bond donors (Lipinski definition) is 2. The van der Waals surface area contributed by atoms with Gasteiger partial charge in [0, 0.05) is 11.8 Å². The van der Waals surface area contributed by atoms with E-state index in [2.05, 4.69) is 34.8 Å². The zero-order valence-electron chi connectivity index (χ0n) is 9.35. The zero-order valence-corrected chi connectivity index (χ0v) is 10.2. The summed E-state index contributed by atoms with van der Waals surface area (Å²) in [4.78, 5) is 10.8. The van der Waals surface area contributed by atoms with Gasteiger partial charge in [-0.05, 0) is 18.4 Å². The van der Waals surface area contributed by atoms with Crippen LogP contribution < -0.4 is 5.32 Å². The molecule has 1 N–H and O–H groups in total. The second-order valence-corrected chi connectivity index (χ2v) is 4.28. The highest BCUT2D eigenvalue weighted by atomic mass is 32.1. The summed E-state index contributed by atoms with van der Waals surface area (Å²) in [6, 6.07) is 10.2. The van der Waals surface area contributed by atoms with E-state index in [0.29, 0.717) is 6.54 Å². The van der Waals surface area contributed by atoms with Crippen LogP contribution in [0.15, 0.2) is 30.3 Å². The number of aryl methyl sites for hydroxylation is 1. The molecule has 0 bridgehead atoms. The van der Waals surface area contributed by atoms with Gasteiger partial charge in [-0.15, -0.1) is 0 Å². The molecule has 1 aromatic rings. The number of hydrogen-bond acceptors (Lipinski definition) is 3. The minimum Gasteiger partial charge on any atom is -0.453 e. The molecule has 0 heterocycles. The first-order chi connectivity index (χ1) is 7.72. The second kappa shape index (κ2) is 7.17. The number of rotatable bonds is 5. The summed E-state index contributed by atoms with van der Waals surface area (Å²) in [5, 5.41) is 2.78. The fraction of sp³-hybridized carbons (Fsp3) is 0.417. The molecule has 0 saturated heterocycles. The average molecular weight is 239 g/mol. The van der Waals surface area contributed by atoms with Gasteiger partial charge >= 0.3 is 6.09 Å². The normalized spacial score (nSPS) is 11.9. The summed E-state index contributed by atoms with van der Waals surface area (Å²) in [7, 11) is 1.35. The van der Waals surface area contributed by atoms with Gasteiger partial charge in [-0.1, -0.05) is 30.3 Å². The first-order valence-electron chi connectivity index (χ1n) is 5.26. The zero-order chi connectivity index (χ0) is 11.8. The predicted molar refractivity (Wildman–Crippen MR) is 67.9 cm³/mol. The topological polar surface area (TPSA) is 38.3 Å². The minimum absolute atomic E-state index is 0.152. The van der Waals surface area contributed by atoms with E-state index in [1.807, 2.05) is 18.2 Å². The van der Waals surface area contributed by atoms with Gasteiger partial charge in [0.25, 0.3) is 0 Å². The van der Waals surface area contributed by atoms with Crippen LogP contribution >= 0.6 is 12.6 Å². The molecule has 0 radical (unpaired) electrons. The van der Waals surface area contributed by atoms with Crippen LogP contribution in [0.4, 0.5) is 4.79 Å². The highest BCUT2D eigenvalue weighted by Crippen LogP contribution is 2.08. The predicted octanol–water partition coefficient (Wildman–Crippen LogP) is 2.27. The Morgan fingerprint density at radius 1 is 1.44 bits per heavy atom. The van der Waals surface area contributed by atoms with E-state index < -0.39 is 6.09 Å². The van der Waals surface area contributed by atoms with Crippen molar-refractivity contribution in [2.75, 3.05) is 13.7 Å². The van der Waals surface area contributed by atoms with Gasteiger partial charge in [0.15, 0.2) is 0 Å². The van der Waals surface area contributed by atoms with Crippen LogP contribution in [-0.4, -0.2) is 25.0 Å². The third-order valence-corrected chi connectivity index (χ3v) is 2.72. The first-order valence-corrected chi connectivity index (χ1v) is 5.78. The molecular weight excluding hydrogens is 222 g/mol. The number of thiol groups is 1. The van der Waals surface area contributed by atoms with Crippen molar-refractivity contribution in [3.05, 3.63) is 35.9 Å². The largest absolute Gasteiger partial charge is 0.453 e. The van der Waals surface area contributed by atoms with Crippen LogP contribution in [0, 0.1) is 0 Å². The molecule has 0 unspecified atom stereocenters. The average Bonchev–Trinajstić information content (AvgIpc) is 2.34. The van der Waals surface area contributed by atoms with Gasteiger partial charge in [0.2, 0.25) is 0 Å². The maximum absolute atomic E-state index is 10.8. The lowest BCUT2D eigenvalue weighted by molar-refractivity contribution is 0.171. The van der Waals surface area contributed by atoms with E-state index in [1.54, 1.807) is 0 Å². The molecular formula is C12H17NO2S. The Morgan fingerprint density at radius 2 is 2.12 bits per heavy atom. The van der Waals surface area contributed by atoms with Crippen molar-refractivity contribution < 1.29 is 9.53 Å². The van der Waals surface area contributed by atoms with Crippen molar-refractivity contribution in [2.45, 2.75) is 18.1 Å². The molecule has 1 amide bonds. The van der Waals surface area contributed by atoms with Crippen LogP contribution in [0.3, 0.4) is 0 Å². The molecule has 88 valence electrons. The number of carbonyl (C=O) groups is 1. The number of amides is 1. The van der Waals surface area contributed by atoms with Crippen molar-refractivity contribution in [3.8, 4) is 0 Å². The lowest BCUT2D eigenvalue weighted by Crippen LogP contribution is -2.29. The number of methoxy groups -OCH3 is 1. The van der Waals surface area contributed by atoms with Gasteiger partial charge in [0.05, 0.1) is 7.11 Å². The van der Waals surface area contributed by atoms with Crippen molar-refractivity contribution in [3.63, 3.8) is 0 Å². The summed E-state index contributed by atoms with van der Waals surface area (Å²) in [6.45, 7) is 0.530. The third kappa shape index (κ3) is 5.07. The van der Waals surface area contributed by atoms with Gasteiger partial charge in [-0.25, -0.2) is 4.79 Å². The first kappa shape index (κ1) is 12.9. The van der Waals surface area contributed by atoms with Crippen LogP contribution in [0.25, 0.3) is 0 Å². The van der Waals surface area contributed by atoms with Crippen molar-refractivity contribution in [1.29, 1.82) is 0 Å². The van der Waals surface area contributed by atoms with E-state index >= 15 is 0 Å². The fourth-order valence-electron chi connectivity index (χ4n) is 1.35.